The zero-order valence-electron chi connectivity index (χ0n) is 11.2. The Bertz CT molecular complexity index is 575. The second-order valence-electron chi connectivity index (χ2n) is 5.13. The molecule has 7 heteroatoms. The maximum Gasteiger partial charge on any atom is 0.339 e. The van der Waals surface area contributed by atoms with Crippen LogP contribution in [-0.4, -0.2) is 59.2 Å². The predicted octanol–water partition coefficient (Wildman–Crippen LogP) is 0.302. The number of carboxylic acid groups (broad SMARTS) is 1. The molecule has 1 aromatic rings. The van der Waals surface area contributed by atoms with E-state index in [0.717, 1.165) is 5.69 Å². The van der Waals surface area contributed by atoms with Gasteiger partial charge in [0.2, 0.25) is 0 Å². The number of urea groups is 1. The number of fused-ring (bicyclic) bond motifs is 1. The number of amides is 2. The molecular formula is C13H16N4O3. The molecule has 106 valence electrons. The second-order valence-corrected chi connectivity index (χ2v) is 5.13. The lowest BCUT2D eigenvalue weighted by Crippen LogP contribution is -2.52. The molecule has 0 saturated carbocycles. The van der Waals surface area contributed by atoms with Crippen LogP contribution in [-0.2, 0) is 0 Å². The van der Waals surface area contributed by atoms with Crippen molar-refractivity contribution in [3.8, 4) is 0 Å². The number of pyridine rings is 1. The van der Waals surface area contributed by atoms with Crippen LogP contribution in [0.5, 0.6) is 0 Å². The molecule has 0 aromatic carbocycles. The van der Waals surface area contributed by atoms with Gasteiger partial charge in [-0.25, -0.2) is 9.59 Å². The van der Waals surface area contributed by atoms with Gasteiger partial charge in [-0.3, -0.25) is 4.98 Å². The van der Waals surface area contributed by atoms with Crippen LogP contribution in [0.4, 0.5) is 10.5 Å². The largest absolute Gasteiger partial charge is 0.478 e. The molecule has 2 saturated heterocycles. The second kappa shape index (κ2) is 4.66. The van der Waals surface area contributed by atoms with Gasteiger partial charge in [0, 0.05) is 38.1 Å². The molecular weight excluding hydrogens is 260 g/mol. The standard InChI is InChI=1S/C13H16N4O3/c1-8-4-11(10(6-14-8)12(18)19)16-2-3-17-9(7-16)5-15-13(17)20/h4,6,9H,2-3,5,7H2,1H3,(H,15,20)(H,18,19). The van der Waals surface area contributed by atoms with E-state index >= 15 is 0 Å². The summed E-state index contributed by atoms with van der Waals surface area (Å²) in [6.07, 6.45) is 1.40. The normalized spacial score (nSPS) is 21.6. The van der Waals surface area contributed by atoms with Gasteiger partial charge in [0.05, 0.1) is 11.7 Å². The number of aryl methyl sites for hydroxylation is 1. The van der Waals surface area contributed by atoms with E-state index in [9.17, 15) is 14.7 Å². The van der Waals surface area contributed by atoms with Crippen LogP contribution >= 0.6 is 0 Å². The number of aromatic carboxylic acids is 1. The molecule has 0 radical (unpaired) electrons. The highest BCUT2D eigenvalue weighted by atomic mass is 16.4. The number of piperazine rings is 1. The summed E-state index contributed by atoms with van der Waals surface area (Å²) in [6, 6.07) is 1.87. The van der Waals surface area contributed by atoms with Crippen LogP contribution in [0, 0.1) is 6.92 Å². The molecule has 2 N–H and O–H groups in total. The maximum absolute atomic E-state index is 11.6. The van der Waals surface area contributed by atoms with Crippen LogP contribution in [0.3, 0.4) is 0 Å². The summed E-state index contributed by atoms with van der Waals surface area (Å²) in [4.78, 5) is 30.8. The minimum atomic E-state index is -0.976. The lowest BCUT2D eigenvalue weighted by molar-refractivity contribution is 0.0696. The van der Waals surface area contributed by atoms with Gasteiger partial charge in [0.15, 0.2) is 0 Å². The fourth-order valence-electron chi connectivity index (χ4n) is 2.79. The molecule has 2 aliphatic heterocycles. The third kappa shape index (κ3) is 2.04. The Morgan fingerprint density at radius 1 is 1.50 bits per heavy atom. The van der Waals surface area contributed by atoms with Crippen LogP contribution in [0.2, 0.25) is 0 Å². The number of hydrogen-bond acceptors (Lipinski definition) is 4. The van der Waals surface area contributed by atoms with Gasteiger partial charge in [-0.15, -0.1) is 0 Å². The van der Waals surface area contributed by atoms with Crippen molar-refractivity contribution in [2.24, 2.45) is 0 Å². The van der Waals surface area contributed by atoms with Crippen LogP contribution in [0.25, 0.3) is 0 Å². The van der Waals surface area contributed by atoms with Crippen molar-refractivity contribution in [3.05, 3.63) is 23.5 Å². The van der Waals surface area contributed by atoms with E-state index in [1.54, 1.807) is 6.07 Å². The van der Waals surface area contributed by atoms with Crippen molar-refractivity contribution >= 4 is 17.7 Å². The Balaban J connectivity index is 1.89. The van der Waals surface area contributed by atoms with E-state index in [2.05, 4.69) is 10.3 Å². The molecule has 0 bridgehead atoms. The molecule has 2 amide bonds. The van der Waals surface area contributed by atoms with Crippen molar-refractivity contribution in [1.82, 2.24) is 15.2 Å². The topological polar surface area (TPSA) is 85.8 Å². The van der Waals surface area contributed by atoms with Gasteiger partial charge in [-0.05, 0) is 13.0 Å². The van der Waals surface area contributed by atoms with Crippen molar-refractivity contribution in [3.63, 3.8) is 0 Å². The average molecular weight is 276 g/mol. The van der Waals surface area contributed by atoms with E-state index < -0.39 is 5.97 Å². The van der Waals surface area contributed by atoms with Gasteiger partial charge < -0.3 is 20.2 Å². The van der Waals surface area contributed by atoms with Crippen molar-refractivity contribution in [2.75, 3.05) is 31.1 Å². The fourth-order valence-corrected chi connectivity index (χ4v) is 2.79. The molecule has 3 rings (SSSR count). The molecule has 3 heterocycles. The van der Waals surface area contributed by atoms with E-state index in [0.29, 0.717) is 31.9 Å². The Hall–Kier alpha value is -2.31. The first kappa shape index (κ1) is 12.7. The predicted molar refractivity (Wildman–Crippen MR) is 72.0 cm³/mol. The number of aromatic nitrogens is 1. The zero-order chi connectivity index (χ0) is 14.3. The minimum Gasteiger partial charge on any atom is -0.478 e. The number of carboxylic acids is 1. The smallest absolute Gasteiger partial charge is 0.339 e. The quantitative estimate of drug-likeness (QED) is 0.811. The van der Waals surface area contributed by atoms with Gasteiger partial charge in [-0.2, -0.15) is 0 Å². The van der Waals surface area contributed by atoms with Gasteiger partial charge >= 0.3 is 12.0 Å². The molecule has 1 aromatic heterocycles. The lowest BCUT2D eigenvalue weighted by Gasteiger charge is -2.38. The summed E-state index contributed by atoms with van der Waals surface area (Å²) < 4.78 is 0. The SMILES string of the molecule is Cc1cc(N2CCN3C(=O)NCC3C2)c(C(=O)O)cn1. The Labute approximate surface area is 116 Å². The Kier molecular flexibility index (Phi) is 2.96. The summed E-state index contributed by atoms with van der Waals surface area (Å²) in [6.45, 7) is 4.33. The molecule has 0 spiro atoms. The molecule has 20 heavy (non-hydrogen) atoms. The number of nitrogens with one attached hydrogen (secondary N) is 1. The average Bonchev–Trinajstić information content (AvgIpc) is 2.79. The van der Waals surface area contributed by atoms with Crippen molar-refractivity contribution in [2.45, 2.75) is 13.0 Å². The summed E-state index contributed by atoms with van der Waals surface area (Å²) in [7, 11) is 0. The fraction of sp³-hybridized carbons (Fsp3) is 0.462. The summed E-state index contributed by atoms with van der Waals surface area (Å²) in [5.74, 6) is -0.976. The van der Waals surface area contributed by atoms with E-state index in [1.165, 1.54) is 6.20 Å². The zero-order valence-corrected chi connectivity index (χ0v) is 11.2. The van der Waals surface area contributed by atoms with Gasteiger partial charge in [-0.1, -0.05) is 0 Å². The third-order valence-corrected chi connectivity index (χ3v) is 3.82. The highest BCUT2D eigenvalue weighted by Gasteiger charge is 2.36. The minimum absolute atomic E-state index is 0.0287. The van der Waals surface area contributed by atoms with Gasteiger partial charge in [0.1, 0.15) is 5.56 Å². The highest BCUT2D eigenvalue weighted by Crippen LogP contribution is 2.25. The van der Waals surface area contributed by atoms with Crippen LogP contribution in [0.15, 0.2) is 12.3 Å². The number of anilines is 1. The monoisotopic (exact) mass is 276 g/mol. The summed E-state index contributed by atoms with van der Waals surface area (Å²) in [5, 5.41) is 12.1. The van der Waals surface area contributed by atoms with Crippen LogP contribution in [0.1, 0.15) is 16.1 Å². The van der Waals surface area contributed by atoms with E-state index in [-0.39, 0.29) is 17.6 Å². The number of carbonyl (C=O) groups is 2. The van der Waals surface area contributed by atoms with Crippen LogP contribution < -0.4 is 10.2 Å². The number of carbonyl (C=O) groups excluding carboxylic acids is 1. The summed E-state index contributed by atoms with van der Waals surface area (Å²) in [5.41, 5.74) is 1.68. The first-order chi connectivity index (χ1) is 9.56. The number of nitrogens with zero attached hydrogens (tertiary/aromatic N) is 3. The van der Waals surface area contributed by atoms with Gasteiger partial charge in [0.25, 0.3) is 0 Å². The first-order valence-corrected chi connectivity index (χ1v) is 6.55. The lowest BCUT2D eigenvalue weighted by atomic mass is 10.1. The highest BCUT2D eigenvalue weighted by molar-refractivity contribution is 5.94. The molecule has 1 unspecified atom stereocenters. The number of rotatable bonds is 2. The third-order valence-electron chi connectivity index (χ3n) is 3.82. The molecule has 1 atom stereocenters. The first-order valence-electron chi connectivity index (χ1n) is 6.55. The molecule has 2 aliphatic rings. The Morgan fingerprint density at radius 3 is 3.05 bits per heavy atom. The van der Waals surface area contributed by atoms with E-state index in [1.807, 2.05) is 16.7 Å². The summed E-state index contributed by atoms with van der Waals surface area (Å²) >= 11 is 0. The van der Waals surface area contributed by atoms with Crippen molar-refractivity contribution < 1.29 is 14.7 Å². The maximum atomic E-state index is 11.6. The Morgan fingerprint density at radius 2 is 2.30 bits per heavy atom. The van der Waals surface area contributed by atoms with Crippen molar-refractivity contribution in [1.29, 1.82) is 0 Å². The molecule has 2 fully saturated rings. The van der Waals surface area contributed by atoms with E-state index in [4.69, 9.17) is 0 Å². The number of hydrogen-bond donors (Lipinski definition) is 2. The molecule has 0 aliphatic carbocycles. The molecule has 7 nitrogen and oxygen atoms in total.